The maximum absolute atomic E-state index is 11.4. The van der Waals surface area contributed by atoms with Gasteiger partial charge < -0.3 is 5.11 Å². The number of hydrogen-bond acceptors (Lipinski definition) is 1. The first-order valence-electron chi connectivity index (χ1n) is 11.6. The van der Waals surface area contributed by atoms with Crippen LogP contribution in [0, 0.1) is 34.5 Å². The van der Waals surface area contributed by atoms with Crippen LogP contribution < -0.4 is 0 Å². The SMILES string of the molecule is C[C@]12CCCC[C@@H]1CC[C@H]1[C@H]2CC[C@@]2(C)[C@@H]1C/C(=C\c1cccc(Br)c1)[C@@H]2O. The number of hydrogen-bond donors (Lipinski definition) is 1. The van der Waals surface area contributed by atoms with Gasteiger partial charge in [0.25, 0.3) is 0 Å². The van der Waals surface area contributed by atoms with Crippen molar-refractivity contribution in [3.05, 3.63) is 39.9 Å². The quantitative estimate of drug-likeness (QED) is 0.485. The summed E-state index contributed by atoms with van der Waals surface area (Å²) in [6.45, 7) is 5.04. The molecule has 1 aromatic rings. The molecule has 7 atom stereocenters. The fourth-order valence-corrected chi connectivity index (χ4v) is 8.52. The van der Waals surface area contributed by atoms with Gasteiger partial charge in [0.05, 0.1) is 6.10 Å². The lowest BCUT2D eigenvalue weighted by atomic mass is 9.45. The van der Waals surface area contributed by atoms with Gasteiger partial charge in [0.1, 0.15) is 0 Å². The van der Waals surface area contributed by atoms with Gasteiger partial charge in [-0.1, -0.05) is 60.8 Å². The molecule has 4 saturated carbocycles. The smallest absolute Gasteiger partial charge is 0.0809 e. The molecule has 5 rings (SSSR count). The van der Waals surface area contributed by atoms with Crippen molar-refractivity contribution in [1.82, 2.24) is 0 Å². The predicted octanol–water partition coefficient (Wildman–Crippen LogP) is 7.24. The average molecular weight is 443 g/mol. The van der Waals surface area contributed by atoms with Crippen LogP contribution in [0.15, 0.2) is 34.3 Å². The summed E-state index contributed by atoms with van der Waals surface area (Å²) in [6, 6.07) is 8.49. The van der Waals surface area contributed by atoms with E-state index in [1.165, 1.54) is 62.5 Å². The van der Waals surface area contributed by atoms with Crippen LogP contribution in [0.4, 0.5) is 0 Å². The van der Waals surface area contributed by atoms with Crippen molar-refractivity contribution in [3.8, 4) is 0 Å². The van der Waals surface area contributed by atoms with Crippen LogP contribution in [0.2, 0.25) is 0 Å². The lowest BCUT2D eigenvalue weighted by molar-refractivity contribution is -0.119. The summed E-state index contributed by atoms with van der Waals surface area (Å²) in [5.74, 6) is 3.34. The Balaban J connectivity index is 1.46. The molecule has 28 heavy (non-hydrogen) atoms. The van der Waals surface area contributed by atoms with E-state index in [4.69, 9.17) is 0 Å². The van der Waals surface area contributed by atoms with Crippen LogP contribution in [-0.4, -0.2) is 11.2 Å². The topological polar surface area (TPSA) is 20.2 Å². The minimum Gasteiger partial charge on any atom is -0.388 e. The van der Waals surface area contributed by atoms with E-state index in [2.05, 4.69) is 60.1 Å². The highest BCUT2D eigenvalue weighted by Gasteiger charge is 2.60. The first kappa shape index (κ1) is 19.4. The molecule has 4 fully saturated rings. The molecule has 0 amide bonds. The molecule has 0 saturated heterocycles. The van der Waals surface area contributed by atoms with Crippen molar-refractivity contribution in [2.75, 3.05) is 0 Å². The molecule has 4 aliphatic rings. The van der Waals surface area contributed by atoms with Gasteiger partial charge in [-0.3, -0.25) is 0 Å². The fourth-order valence-electron chi connectivity index (χ4n) is 8.10. The van der Waals surface area contributed by atoms with Crippen LogP contribution in [0.1, 0.15) is 77.2 Å². The summed E-state index contributed by atoms with van der Waals surface area (Å²) in [5, 5.41) is 11.4. The largest absolute Gasteiger partial charge is 0.388 e. The van der Waals surface area contributed by atoms with Gasteiger partial charge >= 0.3 is 0 Å². The molecule has 2 heteroatoms. The third-order valence-corrected chi connectivity index (χ3v) is 10.1. The standard InChI is InChI=1S/C26H35BrO/c1-25-12-4-3-7-19(25)9-10-21-22(25)11-13-26(2)23(21)16-18(24(26)28)14-17-6-5-8-20(27)15-17/h5-6,8,14-15,19,21-24,28H,3-4,7,9-13,16H2,1-2H3/b18-14+/t19-,21+,22-,23-,24+,25+,26+/m1/s1. The Morgan fingerprint density at radius 2 is 1.86 bits per heavy atom. The highest BCUT2D eigenvalue weighted by molar-refractivity contribution is 9.10. The Morgan fingerprint density at radius 1 is 1.00 bits per heavy atom. The zero-order valence-electron chi connectivity index (χ0n) is 17.5. The zero-order valence-corrected chi connectivity index (χ0v) is 19.0. The van der Waals surface area contributed by atoms with E-state index < -0.39 is 0 Å². The molecule has 4 aliphatic carbocycles. The maximum Gasteiger partial charge on any atom is 0.0809 e. The molecule has 0 aromatic heterocycles. The van der Waals surface area contributed by atoms with Crippen molar-refractivity contribution < 1.29 is 5.11 Å². The maximum atomic E-state index is 11.4. The van der Waals surface area contributed by atoms with Crippen molar-refractivity contribution in [2.45, 2.75) is 77.7 Å². The summed E-state index contributed by atoms with van der Waals surface area (Å²) in [6.07, 6.45) is 14.3. The fraction of sp³-hybridized carbons (Fsp3) is 0.692. The van der Waals surface area contributed by atoms with Gasteiger partial charge in [0, 0.05) is 9.89 Å². The van der Waals surface area contributed by atoms with E-state index in [0.29, 0.717) is 11.3 Å². The Morgan fingerprint density at radius 3 is 2.68 bits per heavy atom. The zero-order chi connectivity index (χ0) is 19.5. The molecular weight excluding hydrogens is 408 g/mol. The van der Waals surface area contributed by atoms with Crippen LogP contribution >= 0.6 is 15.9 Å². The highest BCUT2D eigenvalue weighted by atomic mass is 79.9. The second kappa shape index (κ2) is 6.98. The third kappa shape index (κ3) is 2.88. The van der Waals surface area contributed by atoms with Gasteiger partial charge in [-0.2, -0.15) is 0 Å². The molecule has 0 radical (unpaired) electrons. The van der Waals surface area contributed by atoms with Gasteiger partial charge in [-0.25, -0.2) is 0 Å². The normalized spacial score (nSPS) is 46.7. The van der Waals surface area contributed by atoms with Gasteiger partial charge in [-0.15, -0.1) is 0 Å². The van der Waals surface area contributed by atoms with Crippen molar-refractivity contribution in [1.29, 1.82) is 0 Å². The number of fused-ring (bicyclic) bond motifs is 5. The summed E-state index contributed by atoms with van der Waals surface area (Å²) < 4.78 is 1.11. The Hall–Kier alpha value is -0.600. The molecule has 1 N–H and O–H groups in total. The van der Waals surface area contributed by atoms with E-state index in [1.807, 2.05) is 0 Å². The van der Waals surface area contributed by atoms with E-state index in [9.17, 15) is 5.11 Å². The molecule has 0 aliphatic heterocycles. The average Bonchev–Trinajstić information content (AvgIpc) is 2.92. The summed E-state index contributed by atoms with van der Waals surface area (Å²) in [7, 11) is 0. The van der Waals surface area contributed by atoms with Crippen LogP contribution in [0.5, 0.6) is 0 Å². The minimum atomic E-state index is -0.269. The highest BCUT2D eigenvalue weighted by Crippen LogP contribution is 2.67. The van der Waals surface area contributed by atoms with Gasteiger partial charge in [0.2, 0.25) is 0 Å². The molecule has 0 bridgehead atoms. The second-order valence-corrected chi connectivity index (χ2v) is 11.7. The van der Waals surface area contributed by atoms with E-state index in [-0.39, 0.29) is 11.5 Å². The number of benzene rings is 1. The third-order valence-electron chi connectivity index (χ3n) is 9.65. The van der Waals surface area contributed by atoms with Crippen molar-refractivity contribution in [3.63, 3.8) is 0 Å². The molecule has 1 nitrogen and oxygen atoms in total. The Bertz CT molecular complexity index is 784. The lowest BCUT2D eigenvalue weighted by Crippen LogP contribution is -2.53. The van der Waals surface area contributed by atoms with Crippen molar-refractivity contribution >= 4 is 22.0 Å². The Labute approximate surface area is 179 Å². The monoisotopic (exact) mass is 442 g/mol. The summed E-state index contributed by atoms with van der Waals surface area (Å²) >= 11 is 3.59. The van der Waals surface area contributed by atoms with Crippen molar-refractivity contribution in [2.24, 2.45) is 34.5 Å². The number of aliphatic hydroxyl groups excluding tert-OH is 1. The Kier molecular flexibility index (Phi) is 4.83. The molecule has 1 aromatic carbocycles. The molecule has 152 valence electrons. The van der Waals surface area contributed by atoms with Crippen LogP contribution in [0.25, 0.3) is 6.08 Å². The van der Waals surface area contributed by atoms with Crippen LogP contribution in [-0.2, 0) is 0 Å². The minimum absolute atomic E-state index is 0.0802. The first-order valence-corrected chi connectivity index (χ1v) is 12.4. The number of aliphatic hydroxyl groups is 1. The summed E-state index contributed by atoms with van der Waals surface area (Å²) in [5.41, 5.74) is 3.15. The molecule has 0 heterocycles. The van der Waals surface area contributed by atoms with E-state index in [1.54, 1.807) is 0 Å². The summed E-state index contributed by atoms with van der Waals surface area (Å²) in [4.78, 5) is 0. The second-order valence-electron chi connectivity index (χ2n) is 10.8. The lowest BCUT2D eigenvalue weighted by Gasteiger charge is -2.60. The van der Waals surface area contributed by atoms with Gasteiger partial charge in [0.15, 0.2) is 0 Å². The van der Waals surface area contributed by atoms with E-state index >= 15 is 0 Å². The molecule has 0 unspecified atom stereocenters. The molecule has 0 spiro atoms. The molecular formula is C26H35BrO. The predicted molar refractivity (Wildman–Crippen MR) is 120 cm³/mol. The van der Waals surface area contributed by atoms with Crippen LogP contribution in [0.3, 0.4) is 0 Å². The number of rotatable bonds is 1. The van der Waals surface area contributed by atoms with Gasteiger partial charge in [-0.05, 0) is 97.3 Å². The number of halogens is 1. The van der Waals surface area contributed by atoms with E-state index in [0.717, 1.165) is 28.6 Å². The first-order chi connectivity index (χ1) is 13.4.